The Morgan fingerprint density at radius 3 is 2.09 bits per heavy atom. The summed E-state index contributed by atoms with van der Waals surface area (Å²) in [7, 11) is 0. The monoisotopic (exact) mass is 328 g/mol. The quantitative estimate of drug-likeness (QED) is 0.754. The van der Waals surface area contributed by atoms with Crippen molar-refractivity contribution in [3.8, 4) is 0 Å². The molecule has 2 N–H and O–H groups in total. The molecule has 132 valence electrons. The molecule has 1 unspecified atom stereocenters. The normalized spacial score (nSPS) is 21.9. The Bertz CT molecular complexity index is 413. The number of carbonyl (C=O) groups excluding carboxylic acids is 1. The fourth-order valence-corrected chi connectivity index (χ4v) is 3.16. The summed E-state index contributed by atoms with van der Waals surface area (Å²) in [4.78, 5) is 36.1. The second-order valence-corrected chi connectivity index (χ2v) is 6.65. The Morgan fingerprint density at radius 2 is 1.65 bits per heavy atom. The van der Waals surface area contributed by atoms with E-state index in [1.165, 1.54) is 12.8 Å². The number of carboxylic acid groups (broad SMARTS) is 2. The van der Waals surface area contributed by atoms with Crippen molar-refractivity contribution in [2.75, 3.05) is 26.2 Å². The maximum atomic E-state index is 12.3. The van der Waals surface area contributed by atoms with Gasteiger partial charge in [-0.15, -0.1) is 0 Å². The molecule has 2 aliphatic heterocycles. The Labute approximate surface area is 137 Å². The highest BCUT2D eigenvalue weighted by atomic mass is 16.4. The number of hydrogen-bond acceptors (Lipinski definition) is 4. The van der Waals surface area contributed by atoms with Gasteiger partial charge in [0.05, 0.1) is 5.41 Å². The zero-order valence-electron chi connectivity index (χ0n) is 14.0. The van der Waals surface area contributed by atoms with Crippen molar-refractivity contribution in [1.82, 2.24) is 9.80 Å². The van der Waals surface area contributed by atoms with Crippen molar-refractivity contribution < 1.29 is 24.6 Å². The lowest BCUT2D eigenvalue weighted by atomic mass is 9.80. The van der Waals surface area contributed by atoms with Crippen molar-refractivity contribution in [1.29, 1.82) is 0 Å². The molecule has 0 bridgehead atoms. The molecule has 2 rings (SSSR count). The zero-order chi connectivity index (χ0) is 17.5. The predicted molar refractivity (Wildman–Crippen MR) is 85.1 cm³/mol. The SMILES string of the molecule is CC(CC(=O)N1CCC(C)(C(=O)O)CC1)N1CCCC1.O=CO. The fourth-order valence-electron chi connectivity index (χ4n) is 3.16. The van der Waals surface area contributed by atoms with Crippen LogP contribution in [0.3, 0.4) is 0 Å². The van der Waals surface area contributed by atoms with E-state index in [4.69, 9.17) is 9.90 Å². The number of hydrogen-bond donors (Lipinski definition) is 2. The van der Waals surface area contributed by atoms with Crippen LogP contribution in [0.15, 0.2) is 0 Å². The van der Waals surface area contributed by atoms with Crippen LogP contribution in [-0.4, -0.2) is 70.6 Å². The third kappa shape index (κ3) is 5.49. The van der Waals surface area contributed by atoms with E-state index in [0.717, 1.165) is 13.1 Å². The second-order valence-electron chi connectivity index (χ2n) is 6.65. The van der Waals surface area contributed by atoms with Gasteiger partial charge in [-0.2, -0.15) is 0 Å². The van der Waals surface area contributed by atoms with Crippen LogP contribution >= 0.6 is 0 Å². The van der Waals surface area contributed by atoms with Gasteiger partial charge < -0.3 is 20.0 Å². The highest BCUT2D eigenvalue weighted by Crippen LogP contribution is 2.31. The van der Waals surface area contributed by atoms with Crippen LogP contribution in [0, 0.1) is 5.41 Å². The smallest absolute Gasteiger partial charge is 0.309 e. The molecule has 0 aromatic rings. The van der Waals surface area contributed by atoms with Crippen LogP contribution < -0.4 is 0 Å². The lowest BCUT2D eigenvalue weighted by molar-refractivity contribution is -0.153. The minimum absolute atomic E-state index is 0.178. The van der Waals surface area contributed by atoms with Gasteiger partial charge in [0.15, 0.2) is 0 Å². The first-order valence-corrected chi connectivity index (χ1v) is 8.17. The molecule has 7 heteroatoms. The summed E-state index contributed by atoms with van der Waals surface area (Å²) < 4.78 is 0. The number of piperidine rings is 1. The molecule has 0 radical (unpaired) electrons. The summed E-state index contributed by atoms with van der Waals surface area (Å²) in [5.74, 6) is -0.563. The molecule has 0 saturated carbocycles. The molecule has 0 aromatic heterocycles. The van der Waals surface area contributed by atoms with E-state index < -0.39 is 11.4 Å². The van der Waals surface area contributed by atoms with Gasteiger partial charge in [-0.1, -0.05) is 0 Å². The number of carboxylic acids is 1. The number of rotatable bonds is 4. The maximum absolute atomic E-state index is 12.3. The molecule has 2 heterocycles. The highest BCUT2D eigenvalue weighted by Gasteiger charge is 2.38. The summed E-state index contributed by atoms with van der Waals surface area (Å²) in [5, 5.41) is 16.1. The molecule has 2 saturated heterocycles. The molecule has 0 aromatic carbocycles. The van der Waals surface area contributed by atoms with Crippen LogP contribution in [0.1, 0.15) is 46.0 Å². The molecular formula is C16H28N2O5. The van der Waals surface area contributed by atoms with Gasteiger partial charge in [0.2, 0.25) is 5.91 Å². The van der Waals surface area contributed by atoms with Crippen molar-refractivity contribution in [2.24, 2.45) is 5.41 Å². The first-order valence-electron chi connectivity index (χ1n) is 8.17. The van der Waals surface area contributed by atoms with Crippen molar-refractivity contribution in [3.63, 3.8) is 0 Å². The summed E-state index contributed by atoms with van der Waals surface area (Å²) in [6.45, 7) is 7.01. The van der Waals surface area contributed by atoms with E-state index in [2.05, 4.69) is 11.8 Å². The van der Waals surface area contributed by atoms with E-state index in [-0.39, 0.29) is 12.4 Å². The summed E-state index contributed by atoms with van der Waals surface area (Å²) in [6.07, 6.45) is 4.15. The molecule has 0 aliphatic carbocycles. The van der Waals surface area contributed by atoms with Crippen LogP contribution in [0.25, 0.3) is 0 Å². The fraction of sp³-hybridized carbons (Fsp3) is 0.812. The number of aliphatic carboxylic acids is 1. The Balaban J connectivity index is 0.000000816. The average molecular weight is 328 g/mol. The van der Waals surface area contributed by atoms with Crippen molar-refractivity contribution in [2.45, 2.75) is 52.0 Å². The van der Waals surface area contributed by atoms with E-state index in [0.29, 0.717) is 38.4 Å². The minimum Gasteiger partial charge on any atom is -0.483 e. The van der Waals surface area contributed by atoms with E-state index in [1.54, 1.807) is 6.92 Å². The first-order chi connectivity index (χ1) is 10.8. The van der Waals surface area contributed by atoms with Crippen molar-refractivity contribution in [3.05, 3.63) is 0 Å². The van der Waals surface area contributed by atoms with Gasteiger partial charge in [-0.3, -0.25) is 14.4 Å². The average Bonchev–Trinajstić information content (AvgIpc) is 3.03. The number of amides is 1. The summed E-state index contributed by atoms with van der Waals surface area (Å²) >= 11 is 0. The Hall–Kier alpha value is -1.63. The predicted octanol–water partition coefficient (Wildman–Crippen LogP) is 1.27. The third-order valence-electron chi connectivity index (χ3n) is 4.97. The molecule has 23 heavy (non-hydrogen) atoms. The molecule has 7 nitrogen and oxygen atoms in total. The van der Waals surface area contributed by atoms with Gasteiger partial charge in [-0.25, -0.2) is 0 Å². The lowest BCUT2D eigenvalue weighted by Gasteiger charge is -2.37. The van der Waals surface area contributed by atoms with Gasteiger partial charge in [-0.05, 0) is 52.6 Å². The Kier molecular flexibility index (Phi) is 7.48. The van der Waals surface area contributed by atoms with Gasteiger partial charge in [0.25, 0.3) is 6.47 Å². The lowest BCUT2D eigenvalue weighted by Crippen LogP contribution is -2.46. The van der Waals surface area contributed by atoms with Crippen LogP contribution in [-0.2, 0) is 14.4 Å². The second kappa shape index (κ2) is 8.86. The molecule has 1 amide bonds. The van der Waals surface area contributed by atoms with E-state index in [9.17, 15) is 14.7 Å². The van der Waals surface area contributed by atoms with E-state index >= 15 is 0 Å². The number of nitrogens with zero attached hydrogens (tertiary/aromatic N) is 2. The summed E-state index contributed by atoms with van der Waals surface area (Å²) in [6, 6.07) is 0.304. The van der Waals surface area contributed by atoms with Crippen LogP contribution in [0.2, 0.25) is 0 Å². The molecular weight excluding hydrogens is 300 g/mol. The number of carbonyl (C=O) groups is 3. The third-order valence-corrected chi connectivity index (χ3v) is 4.97. The Morgan fingerprint density at radius 1 is 1.17 bits per heavy atom. The van der Waals surface area contributed by atoms with E-state index in [1.807, 2.05) is 4.90 Å². The highest BCUT2D eigenvalue weighted by molar-refractivity contribution is 5.78. The first kappa shape index (κ1) is 19.4. The molecule has 2 aliphatic rings. The zero-order valence-corrected chi connectivity index (χ0v) is 14.0. The molecule has 1 atom stereocenters. The largest absolute Gasteiger partial charge is 0.483 e. The van der Waals surface area contributed by atoms with Gasteiger partial charge in [0.1, 0.15) is 0 Å². The summed E-state index contributed by atoms with van der Waals surface area (Å²) in [5.41, 5.74) is -0.655. The van der Waals surface area contributed by atoms with Crippen LogP contribution in [0.4, 0.5) is 0 Å². The minimum atomic E-state index is -0.741. The molecule has 2 fully saturated rings. The standard InChI is InChI=1S/C15H26N2O3.CH2O2/c1-12(16-7-3-4-8-16)11-13(18)17-9-5-15(2,6-10-17)14(19)20;2-1-3/h12H,3-11H2,1-2H3,(H,19,20);1H,(H,2,3). The van der Waals surface area contributed by atoms with Gasteiger partial charge >= 0.3 is 5.97 Å². The van der Waals surface area contributed by atoms with Crippen molar-refractivity contribution >= 4 is 18.3 Å². The molecule has 0 spiro atoms. The topological polar surface area (TPSA) is 98.2 Å². The van der Waals surface area contributed by atoms with Gasteiger partial charge in [0, 0.05) is 25.6 Å². The number of likely N-dealkylation sites (tertiary alicyclic amines) is 2. The van der Waals surface area contributed by atoms with Crippen LogP contribution in [0.5, 0.6) is 0 Å². The maximum Gasteiger partial charge on any atom is 0.309 e.